The molecule has 0 atom stereocenters. The standard InChI is InChI=1S/C28H37N7O5S/c1-20-15-23(39-4)16-21(2)26(20)41(37,38)32(3)19-25-30-31-27(40-25)28(36)35-13-11-33(12-14-35)18-22-7-8-24(29-17-22)34-9-5-6-10-34/h7-8,15-17H,5-6,9-14,18-19H2,1-4H3. The van der Waals surface area contributed by atoms with Crippen LogP contribution in [0.5, 0.6) is 5.75 Å². The first-order valence-corrected chi connectivity index (χ1v) is 15.2. The van der Waals surface area contributed by atoms with Crippen molar-refractivity contribution in [2.45, 2.75) is 44.7 Å². The van der Waals surface area contributed by atoms with Crippen molar-refractivity contribution in [3.05, 3.63) is 58.9 Å². The largest absolute Gasteiger partial charge is 0.497 e. The number of carbonyl (C=O) groups excluding carboxylic acids is 1. The van der Waals surface area contributed by atoms with Crippen LogP contribution in [0.1, 0.15) is 46.1 Å². The van der Waals surface area contributed by atoms with Crippen LogP contribution in [-0.4, -0.2) is 97.0 Å². The minimum atomic E-state index is -3.85. The molecular formula is C28H37N7O5S. The van der Waals surface area contributed by atoms with Crippen molar-refractivity contribution in [2.75, 3.05) is 58.3 Å². The van der Waals surface area contributed by atoms with Crippen LogP contribution >= 0.6 is 0 Å². The van der Waals surface area contributed by atoms with Gasteiger partial charge >= 0.3 is 11.8 Å². The molecule has 5 rings (SSSR count). The molecule has 1 aromatic carbocycles. The van der Waals surface area contributed by atoms with Gasteiger partial charge in [0.1, 0.15) is 11.6 Å². The highest BCUT2D eigenvalue weighted by Gasteiger charge is 2.29. The van der Waals surface area contributed by atoms with Gasteiger partial charge in [0.15, 0.2) is 0 Å². The quantitative estimate of drug-likeness (QED) is 0.371. The Hall–Kier alpha value is -3.55. The van der Waals surface area contributed by atoms with Gasteiger partial charge in [-0.05, 0) is 61.6 Å². The number of anilines is 1. The van der Waals surface area contributed by atoms with Crippen LogP contribution in [0, 0.1) is 13.8 Å². The van der Waals surface area contributed by atoms with E-state index in [1.54, 1.807) is 30.9 Å². The number of methoxy groups -OCH3 is 1. The molecule has 4 heterocycles. The molecule has 2 fully saturated rings. The molecule has 0 bridgehead atoms. The molecule has 2 saturated heterocycles. The summed E-state index contributed by atoms with van der Waals surface area (Å²) in [7, 11) is -0.871. The van der Waals surface area contributed by atoms with Gasteiger partial charge in [-0.1, -0.05) is 6.07 Å². The Morgan fingerprint density at radius 1 is 1.02 bits per heavy atom. The molecule has 12 nitrogen and oxygen atoms in total. The first kappa shape index (κ1) is 29.0. The van der Waals surface area contributed by atoms with Gasteiger partial charge in [0, 0.05) is 59.1 Å². The van der Waals surface area contributed by atoms with Crippen molar-refractivity contribution in [3.8, 4) is 5.75 Å². The Morgan fingerprint density at radius 3 is 2.32 bits per heavy atom. The van der Waals surface area contributed by atoms with E-state index in [-0.39, 0.29) is 29.1 Å². The normalized spacial score (nSPS) is 16.5. The SMILES string of the molecule is COc1cc(C)c(S(=O)(=O)N(C)Cc2nnc(C(=O)N3CCN(Cc4ccc(N5CCCC5)nc4)CC3)o2)c(C)c1. The minimum absolute atomic E-state index is 0.0479. The zero-order chi connectivity index (χ0) is 29.1. The number of aromatic nitrogens is 3. The maximum atomic E-state index is 13.3. The van der Waals surface area contributed by atoms with Crippen LogP contribution in [0.15, 0.2) is 39.8 Å². The zero-order valence-electron chi connectivity index (χ0n) is 24.0. The fourth-order valence-corrected chi connectivity index (χ4v) is 6.94. The second-order valence-corrected chi connectivity index (χ2v) is 12.6. The second-order valence-electron chi connectivity index (χ2n) is 10.6. The Labute approximate surface area is 241 Å². The van der Waals surface area contributed by atoms with E-state index in [2.05, 4.69) is 37.1 Å². The van der Waals surface area contributed by atoms with Gasteiger partial charge in [-0.3, -0.25) is 9.69 Å². The summed E-state index contributed by atoms with van der Waals surface area (Å²) in [5.74, 6) is 1.18. The van der Waals surface area contributed by atoms with Gasteiger partial charge in [-0.2, -0.15) is 4.31 Å². The molecule has 2 aliphatic heterocycles. The molecule has 1 amide bonds. The molecule has 3 aromatic rings. The molecule has 0 spiro atoms. The van der Waals surface area contributed by atoms with E-state index >= 15 is 0 Å². The fraction of sp³-hybridized carbons (Fsp3) is 0.500. The number of amides is 1. The highest BCUT2D eigenvalue weighted by molar-refractivity contribution is 7.89. The lowest BCUT2D eigenvalue weighted by Gasteiger charge is -2.34. The molecule has 0 unspecified atom stereocenters. The number of nitrogens with zero attached hydrogens (tertiary/aromatic N) is 7. The van der Waals surface area contributed by atoms with Crippen molar-refractivity contribution in [3.63, 3.8) is 0 Å². The lowest BCUT2D eigenvalue weighted by molar-refractivity contribution is 0.0587. The molecule has 41 heavy (non-hydrogen) atoms. The predicted molar refractivity (Wildman–Crippen MR) is 152 cm³/mol. The van der Waals surface area contributed by atoms with Crippen LogP contribution < -0.4 is 9.64 Å². The van der Waals surface area contributed by atoms with Crippen LogP contribution in [-0.2, 0) is 23.1 Å². The zero-order valence-corrected chi connectivity index (χ0v) is 24.9. The molecule has 0 aliphatic carbocycles. The number of aryl methyl sites for hydroxylation is 2. The third kappa shape index (κ3) is 6.36. The average Bonchev–Trinajstić information content (AvgIpc) is 3.66. The van der Waals surface area contributed by atoms with Crippen molar-refractivity contribution in [2.24, 2.45) is 0 Å². The van der Waals surface area contributed by atoms with Gasteiger partial charge in [0.05, 0.1) is 18.6 Å². The lowest BCUT2D eigenvalue weighted by Crippen LogP contribution is -2.48. The van der Waals surface area contributed by atoms with Crippen LogP contribution in [0.4, 0.5) is 5.82 Å². The maximum Gasteiger partial charge on any atom is 0.311 e. The highest BCUT2D eigenvalue weighted by Crippen LogP contribution is 2.28. The first-order valence-electron chi connectivity index (χ1n) is 13.8. The average molecular weight is 584 g/mol. The minimum Gasteiger partial charge on any atom is -0.497 e. The summed E-state index contributed by atoms with van der Waals surface area (Å²) in [5, 5.41) is 7.86. The van der Waals surface area contributed by atoms with Gasteiger partial charge in [-0.15, -0.1) is 10.2 Å². The van der Waals surface area contributed by atoms with E-state index in [1.165, 1.54) is 27.0 Å². The number of hydrogen-bond donors (Lipinski definition) is 0. The Balaban J connectivity index is 1.15. The topological polar surface area (TPSA) is 125 Å². The summed E-state index contributed by atoms with van der Waals surface area (Å²) in [4.78, 5) is 24.2. The molecular weight excluding hydrogens is 546 g/mol. The van der Waals surface area contributed by atoms with E-state index in [0.717, 1.165) is 35.3 Å². The molecule has 0 saturated carbocycles. The van der Waals surface area contributed by atoms with Gasteiger partial charge in [0.25, 0.3) is 0 Å². The third-order valence-electron chi connectivity index (χ3n) is 7.65. The van der Waals surface area contributed by atoms with E-state index < -0.39 is 10.0 Å². The number of hydrogen-bond acceptors (Lipinski definition) is 10. The fourth-order valence-electron chi connectivity index (χ4n) is 5.42. The number of ether oxygens (including phenoxy) is 1. The van der Waals surface area contributed by atoms with E-state index in [4.69, 9.17) is 9.15 Å². The molecule has 0 N–H and O–H groups in total. The summed E-state index contributed by atoms with van der Waals surface area (Å²) in [6, 6.07) is 7.58. The van der Waals surface area contributed by atoms with Crippen molar-refractivity contribution in [1.29, 1.82) is 0 Å². The van der Waals surface area contributed by atoms with Crippen molar-refractivity contribution < 1.29 is 22.4 Å². The Bertz CT molecular complexity index is 1450. The van der Waals surface area contributed by atoms with Crippen molar-refractivity contribution >= 4 is 21.7 Å². The summed E-state index contributed by atoms with van der Waals surface area (Å²) < 4.78 is 38.6. The number of rotatable bonds is 9. The Morgan fingerprint density at radius 2 is 1.71 bits per heavy atom. The van der Waals surface area contributed by atoms with Gasteiger partial charge in [0.2, 0.25) is 15.9 Å². The Kier molecular flexibility index (Phi) is 8.57. The number of pyridine rings is 1. The summed E-state index contributed by atoms with van der Waals surface area (Å²) >= 11 is 0. The van der Waals surface area contributed by atoms with E-state index in [0.29, 0.717) is 43.1 Å². The number of sulfonamides is 1. The summed E-state index contributed by atoms with van der Waals surface area (Å²) in [5.41, 5.74) is 2.29. The molecule has 220 valence electrons. The van der Waals surface area contributed by atoms with Crippen LogP contribution in [0.2, 0.25) is 0 Å². The van der Waals surface area contributed by atoms with Gasteiger partial charge < -0.3 is 19.0 Å². The van der Waals surface area contributed by atoms with Crippen LogP contribution in [0.3, 0.4) is 0 Å². The van der Waals surface area contributed by atoms with E-state index in [1.807, 2.05) is 6.20 Å². The summed E-state index contributed by atoms with van der Waals surface area (Å²) in [6.45, 7) is 8.68. The van der Waals surface area contributed by atoms with Crippen LogP contribution in [0.25, 0.3) is 0 Å². The number of benzene rings is 1. The molecule has 0 radical (unpaired) electrons. The molecule has 2 aromatic heterocycles. The van der Waals surface area contributed by atoms with E-state index in [9.17, 15) is 13.2 Å². The monoisotopic (exact) mass is 583 g/mol. The summed E-state index contributed by atoms with van der Waals surface area (Å²) in [6.07, 6.45) is 4.39. The third-order valence-corrected chi connectivity index (χ3v) is 9.76. The molecule has 2 aliphatic rings. The smallest absolute Gasteiger partial charge is 0.311 e. The number of carbonyl (C=O) groups is 1. The molecule has 13 heteroatoms. The van der Waals surface area contributed by atoms with Gasteiger partial charge in [-0.25, -0.2) is 13.4 Å². The second kappa shape index (κ2) is 12.1. The first-order chi connectivity index (χ1) is 19.7. The predicted octanol–water partition coefficient (Wildman–Crippen LogP) is 2.47. The lowest BCUT2D eigenvalue weighted by atomic mass is 10.1. The van der Waals surface area contributed by atoms with Crippen molar-refractivity contribution in [1.82, 2.24) is 29.3 Å². The number of piperazine rings is 1. The maximum absolute atomic E-state index is 13.3. The highest BCUT2D eigenvalue weighted by atomic mass is 32.2.